The van der Waals surface area contributed by atoms with Gasteiger partial charge in [-0.2, -0.15) is 0 Å². The lowest BCUT2D eigenvalue weighted by atomic mass is 10.2. The summed E-state index contributed by atoms with van der Waals surface area (Å²) < 4.78 is 10.1. The average Bonchev–Trinajstić information content (AvgIpc) is 2.41. The van der Waals surface area contributed by atoms with E-state index in [9.17, 15) is 4.79 Å². The zero-order valence-electron chi connectivity index (χ0n) is 10.1. The van der Waals surface area contributed by atoms with Crippen molar-refractivity contribution < 1.29 is 14.3 Å². The molecule has 0 aliphatic carbocycles. The molecule has 0 radical (unpaired) electrons. The van der Waals surface area contributed by atoms with Crippen molar-refractivity contribution in [3.63, 3.8) is 0 Å². The van der Waals surface area contributed by atoms with Crippen LogP contribution in [-0.2, 0) is 20.8 Å². The van der Waals surface area contributed by atoms with Crippen molar-refractivity contribution in [1.82, 2.24) is 9.88 Å². The van der Waals surface area contributed by atoms with Crippen LogP contribution in [0.25, 0.3) is 0 Å². The van der Waals surface area contributed by atoms with E-state index in [4.69, 9.17) is 21.1 Å². The molecule has 1 atom stereocenters. The van der Waals surface area contributed by atoms with Crippen LogP contribution in [0.4, 0.5) is 0 Å². The van der Waals surface area contributed by atoms with Crippen LogP contribution < -0.4 is 0 Å². The Hall–Kier alpha value is -1.17. The monoisotopic (exact) mass is 270 g/mol. The number of pyridine rings is 1. The minimum absolute atomic E-state index is 0.283. The van der Waals surface area contributed by atoms with Gasteiger partial charge in [0.2, 0.25) is 0 Å². The van der Waals surface area contributed by atoms with Gasteiger partial charge < -0.3 is 9.47 Å². The molecule has 2 rings (SSSR count). The molecule has 6 heteroatoms. The van der Waals surface area contributed by atoms with Crippen LogP contribution in [0.3, 0.4) is 0 Å². The summed E-state index contributed by atoms with van der Waals surface area (Å²) in [4.78, 5) is 17.7. The van der Waals surface area contributed by atoms with Crippen LogP contribution in [0.2, 0.25) is 5.15 Å². The number of halogens is 1. The number of aromatic nitrogens is 1. The van der Waals surface area contributed by atoms with E-state index in [2.05, 4.69) is 4.98 Å². The highest BCUT2D eigenvalue weighted by Gasteiger charge is 2.30. The largest absolute Gasteiger partial charge is 0.468 e. The molecule has 1 aliphatic heterocycles. The summed E-state index contributed by atoms with van der Waals surface area (Å²) in [5, 5.41) is 0.465. The van der Waals surface area contributed by atoms with Crippen molar-refractivity contribution in [3.8, 4) is 0 Å². The summed E-state index contributed by atoms with van der Waals surface area (Å²) in [6, 6.07) is 3.36. The van der Waals surface area contributed by atoms with E-state index in [-0.39, 0.29) is 12.0 Å². The van der Waals surface area contributed by atoms with Gasteiger partial charge in [0, 0.05) is 24.8 Å². The fourth-order valence-electron chi connectivity index (χ4n) is 1.94. The first-order chi connectivity index (χ1) is 8.72. The zero-order valence-corrected chi connectivity index (χ0v) is 10.9. The van der Waals surface area contributed by atoms with Gasteiger partial charge in [-0.1, -0.05) is 17.7 Å². The van der Waals surface area contributed by atoms with Crippen LogP contribution in [0.15, 0.2) is 18.3 Å². The van der Waals surface area contributed by atoms with E-state index in [1.165, 1.54) is 7.11 Å². The summed E-state index contributed by atoms with van der Waals surface area (Å²) in [5.41, 5.74) is 0.898. The molecule has 1 fully saturated rings. The highest BCUT2D eigenvalue weighted by Crippen LogP contribution is 2.18. The maximum atomic E-state index is 11.7. The van der Waals surface area contributed by atoms with Gasteiger partial charge in [-0.05, 0) is 6.07 Å². The predicted molar refractivity (Wildman–Crippen MR) is 66.3 cm³/mol. The lowest BCUT2D eigenvalue weighted by molar-refractivity contribution is -0.153. The number of carbonyl (C=O) groups excluding carboxylic acids is 1. The molecule has 0 amide bonds. The molecule has 1 aromatic heterocycles. The lowest BCUT2D eigenvalue weighted by Gasteiger charge is -2.33. The topological polar surface area (TPSA) is 51.7 Å². The predicted octanol–water partition coefficient (Wildman–Crippen LogP) is 1.11. The van der Waals surface area contributed by atoms with Crippen molar-refractivity contribution in [2.24, 2.45) is 0 Å². The van der Waals surface area contributed by atoms with Crippen molar-refractivity contribution in [1.29, 1.82) is 0 Å². The minimum Gasteiger partial charge on any atom is -0.468 e. The summed E-state index contributed by atoms with van der Waals surface area (Å²) in [7, 11) is 1.38. The van der Waals surface area contributed by atoms with Gasteiger partial charge in [0.15, 0.2) is 0 Å². The highest BCUT2D eigenvalue weighted by molar-refractivity contribution is 6.30. The first kappa shape index (κ1) is 13.3. The first-order valence-electron chi connectivity index (χ1n) is 5.71. The van der Waals surface area contributed by atoms with Gasteiger partial charge in [-0.3, -0.25) is 9.69 Å². The molecule has 1 aromatic rings. The number of carbonyl (C=O) groups is 1. The van der Waals surface area contributed by atoms with E-state index >= 15 is 0 Å². The number of morpholine rings is 1. The number of nitrogens with zero attached hydrogens (tertiary/aromatic N) is 2. The maximum Gasteiger partial charge on any atom is 0.325 e. The standard InChI is InChI=1S/C12H15ClN2O3/c1-17-12(16)10-8-18-6-5-15(10)7-9-3-2-4-14-11(9)13/h2-4,10H,5-8H2,1H3. The fourth-order valence-corrected chi connectivity index (χ4v) is 2.12. The van der Waals surface area contributed by atoms with Gasteiger partial charge in [0.05, 0.1) is 20.3 Å². The van der Waals surface area contributed by atoms with Crippen LogP contribution >= 0.6 is 11.6 Å². The van der Waals surface area contributed by atoms with Gasteiger partial charge >= 0.3 is 5.97 Å². The van der Waals surface area contributed by atoms with E-state index in [1.54, 1.807) is 6.20 Å². The summed E-state index contributed by atoms with van der Waals surface area (Å²) >= 11 is 6.02. The Kier molecular flexibility index (Phi) is 4.52. The van der Waals surface area contributed by atoms with Crippen LogP contribution in [-0.4, -0.2) is 48.8 Å². The summed E-state index contributed by atoms with van der Waals surface area (Å²) in [6.45, 7) is 2.19. The molecule has 1 saturated heterocycles. The molecule has 0 saturated carbocycles. The Balaban J connectivity index is 2.10. The van der Waals surface area contributed by atoms with Crippen LogP contribution in [0, 0.1) is 0 Å². The third kappa shape index (κ3) is 2.98. The smallest absolute Gasteiger partial charge is 0.325 e. The van der Waals surface area contributed by atoms with E-state index in [0.717, 1.165) is 5.56 Å². The Bertz CT molecular complexity index is 428. The van der Waals surface area contributed by atoms with E-state index < -0.39 is 0 Å². The maximum absolute atomic E-state index is 11.7. The molecule has 98 valence electrons. The number of esters is 1. The minimum atomic E-state index is -0.375. The summed E-state index contributed by atoms with van der Waals surface area (Å²) in [5.74, 6) is -0.283. The second-order valence-electron chi connectivity index (χ2n) is 4.04. The van der Waals surface area contributed by atoms with Crippen LogP contribution in [0.5, 0.6) is 0 Å². The van der Waals surface area contributed by atoms with Crippen LogP contribution in [0.1, 0.15) is 5.56 Å². The SMILES string of the molecule is COC(=O)C1COCCN1Cc1cccnc1Cl. The Morgan fingerprint density at radius 1 is 1.72 bits per heavy atom. The molecule has 0 bridgehead atoms. The zero-order chi connectivity index (χ0) is 13.0. The highest BCUT2D eigenvalue weighted by atomic mass is 35.5. The second kappa shape index (κ2) is 6.13. The molecule has 0 spiro atoms. The molecule has 2 heterocycles. The number of rotatable bonds is 3. The molecule has 0 aromatic carbocycles. The fraction of sp³-hybridized carbons (Fsp3) is 0.500. The Morgan fingerprint density at radius 3 is 3.28 bits per heavy atom. The Labute approximate surface area is 111 Å². The molecular formula is C12H15ClN2O3. The second-order valence-corrected chi connectivity index (χ2v) is 4.40. The number of hydrogen-bond acceptors (Lipinski definition) is 5. The molecule has 5 nitrogen and oxygen atoms in total. The first-order valence-corrected chi connectivity index (χ1v) is 6.09. The lowest BCUT2D eigenvalue weighted by Crippen LogP contribution is -2.49. The van der Waals surface area contributed by atoms with Gasteiger partial charge in [-0.25, -0.2) is 4.98 Å². The molecule has 1 aliphatic rings. The van der Waals surface area contributed by atoms with Gasteiger partial charge in [0.25, 0.3) is 0 Å². The molecular weight excluding hydrogens is 256 g/mol. The third-order valence-electron chi connectivity index (χ3n) is 2.92. The summed E-state index contributed by atoms with van der Waals surface area (Å²) in [6.07, 6.45) is 1.64. The van der Waals surface area contributed by atoms with Crippen molar-refractivity contribution in [2.75, 3.05) is 26.9 Å². The van der Waals surface area contributed by atoms with E-state index in [0.29, 0.717) is 31.5 Å². The van der Waals surface area contributed by atoms with Crippen molar-refractivity contribution in [3.05, 3.63) is 29.0 Å². The van der Waals surface area contributed by atoms with Crippen molar-refractivity contribution >= 4 is 17.6 Å². The van der Waals surface area contributed by atoms with Gasteiger partial charge in [0.1, 0.15) is 11.2 Å². The number of methoxy groups -OCH3 is 1. The van der Waals surface area contributed by atoms with E-state index in [1.807, 2.05) is 17.0 Å². The third-order valence-corrected chi connectivity index (χ3v) is 3.26. The molecule has 0 N–H and O–H groups in total. The molecule has 18 heavy (non-hydrogen) atoms. The Morgan fingerprint density at radius 2 is 2.56 bits per heavy atom. The normalized spacial score (nSPS) is 20.7. The average molecular weight is 271 g/mol. The van der Waals surface area contributed by atoms with Gasteiger partial charge in [-0.15, -0.1) is 0 Å². The quantitative estimate of drug-likeness (QED) is 0.608. The number of hydrogen-bond donors (Lipinski definition) is 0. The molecule has 1 unspecified atom stereocenters. The van der Waals surface area contributed by atoms with Crippen molar-refractivity contribution in [2.45, 2.75) is 12.6 Å². The number of ether oxygens (including phenoxy) is 2.